The summed E-state index contributed by atoms with van der Waals surface area (Å²) in [6.07, 6.45) is 2.08. The number of amides is 1. The second kappa shape index (κ2) is 7.24. The van der Waals surface area contributed by atoms with Crippen LogP contribution in [0.3, 0.4) is 0 Å². The average molecular weight is 464 g/mol. The van der Waals surface area contributed by atoms with Gasteiger partial charge in [0.05, 0.1) is 16.6 Å². The van der Waals surface area contributed by atoms with Gasteiger partial charge in [-0.05, 0) is 32.8 Å². The molecule has 12 heteroatoms. The van der Waals surface area contributed by atoms with Crippen LogP contribution in [0.2, 0.25) is 0 Å². The summed E-state index contributed by atoms with van der Waals surface area (Å²) in [6.45, 7) is 4.17. The third-order valence-electron chi connectivity index (χ3n) is 5.74. The smallest absolute Gasteiger partial charge is 0.305 e. The van der Waals surface area contributed by atoms with Gasteiger partial charge in [-0.2, -0.15) is 4.31 Å². The molecule has 10 nitrogen and oxygen atoms in total. The number of aromatic amines is 1. The molecule has 1 N–H and O–H groups in total. The molecule has 0 bridgehead atoms. The van der Waals surface area contributed by atoms with E-state index in [0.29, 0.717) is 45.3 Å². The minimum absolute atomic E-state index is 0.0299. The van der Waals surface area contributed by atoms with E-state index in [9.17, 15) is 18.0 Å². The van der Waals surface area contributed by atoms with E-state index in [2.05, 4.69) is 15.1 Å². The lowest BCUT2D eigenvalue weighted by atomic mass is 10.1. The Bertz CT molecular complexity index is 1340. The molecule has 0 radical (unpaired) electrons. The molecular formula is C19H21N5O5S2. The first kappa shape index (κ1) is 20.3. The van der Waals surface area contributed by atoms with Crippen molar-refractivity contribution >= 4 is 38.4 Å². The van der Waals surface area contributed by atoms with Crippen molar-refractivity contribution in [3.8, 4) is 0 Å². The van der Waals surface area contributed by atoms with Gasteiger partial charge < -0.3 is 14.4 Å². The van der Waals surface area contributed by atoms with Gasteiger partial charge in [0.2, 0.25) is 0 Å². The molecule has 3 aromatic heterocycles. The molecule has 3 aromatic rings. The summed E-state index contributed by atoms with van der Waals surface area (Å²) in [7, 11) is -3.78. The maximum absolute atomic E-state index is 13.4. The molecule has 31 heavy (non-hydrogen) atoms. The lowest BCUT2D eigenvalue weighted by molar-refractivity contribution is 0.0699. The number of piperazine rings is 1. The van der Waals surface area contributed by atoms with E-state index < -0.39 is 14.9 Å². The molecule has 1 aliphatic carbocycles. The second-order valence-electron chi connectivity index (χ2n) is 7.94. The highest BCUT2D eigenvalue weighted by Gasteiger charge is 2.34. The zero-order valence-electron chi connectivity index (χ0n) is 17.0. The summed E-state index contributed by atoms with van der Waals surface area (Å²) in [5.41, 5.74) is 2.65. The number of nitrogens with one attached hydrogen (secondary N) is 1. The van der Waals surface area contributed by atoms with Crippen LogP contribution in [0.25, 0.3) is 11.1 Å². The molecule has 2 aliphatic rings. The van der Waals surface area contributed by atoms with Gasteiger partial charge in [0.1, 0.15) is 0 Å². The van der Waals surface area contributed by atoms with E-state index >= 15 is 0 Å². The predicted molar refractivity (Wildman–Crippen MR) is 113 cm³/mol. The molecule has 5 rings (SSSR count). The van der Waals surface area contributed by atoms with Gasteiger partial charge in [0, 0.05) is 43.5 Å². The first-order chi connectivity index (χ1) is 14.8. The van der Waals surface area contributed by atoms with E-state index in [-0.39, 0.29) is 36.3 Å². The molecule has 0 aromatic carbocycles. The molecule has 0 spiro atoms. The van der Waals surface area contributed by atoms with Gasteiger partial charge >= 0.3 is 4.87 Å². The molecule has 1 saturated heterocycles. The van der Waals surface area contributed by atoms with Crippen LogP contribution < -0.4 is 4.87 Å². The first-order valence-electron chi connectivity index (χ1n) is 10.0. The number of carbonyl (C=O) groups is 1. The molecule has 0 atom stereocenters. The Labute approximate surface area is 181 Å². The first-order valence-corrected chi connectivity index (χ1v) is 12.3. The summed E-state index contributed by atoms with van der Waals surface area (Å²) in [5, 5.41) is 4.58. The number of pyridine rings is 1. The summed E-state index contributed by atoms with van der Waals surface area (Å²) in [6, 6.07) is 1.83. The Kier molecular flexibility index (Phi) is 4.75. The fourth-order valence-corrected chi connectivity index (χ4v) is 6.78. The Balaban J connectivity index is 1.39. The lowest BCUT2D eigenvalue weighted by Crippen LogP contribution is -2.50. The molecule has 0 unspecified atom stereocenters. The topological polar surface area (TPSA) is 129 Å². The van der Waals surface area contributed by atoms with Crippen molar-refractivity contribution in [1.29, 1.82) is 0 Å². The van der Waals surface area contributed by atoms with Crippen molar-refractivity contribution in [1.82, 2.24) is 24.3 Å². The van der Waals surface area contributed by atoms with Gasteiger partial charge in [0.25, 0.3) is 21.6 Å². The van der Waals surface area contributed by atoms with E-state index in [0.717, 1.165) is 18.5 Å². The molecular weight excluding hydrogens is 442 g/mol. The fourth-order valence-electron chi connectivity index (χ4n) is 3.93. The van der Waals surface area contributed by atoms with Gasteiger partial charge in [0.15, 0.2) is 4.21 Å². The van der Waals surface area contributed by atoms with Crippen LogP contribution in [0.15, 0.2) is 19.6 Å². The molecule has 2 fully saturated rings. The van der Waals surface area contributed by atoms with Crippen LogP contribution in [-0.4, -0.2) is 64.8 Å². The van der Waals surface area contributed by atoms with E-state index in [4.69, 9.17) is 4.52 Å². The summed E-state index contributed by atoms with van der Waals surface area (Å²) in [4.78, 5) is 33.2. The number of hydrogen-bond acceptors (Lipinski definition) is 8. The second-order valence-corrected chi connectivity index (χ2v) is 11.1. The number of H-pyrrole nitrogens is 1. The van der Waals surface area contributed by atoms with Crippen molar-refractivity contribution in [3.05, 3.63) is 38.4 Å². The monoisotopic (exact) mass is 463 g/mol. The third kappa shape index (κ3) is 3.48. The summed E-state index contributed by atoms with van der Waals surface area (Å²) < 4.78 is 32.5. The van der Waals surface area contributed by atoms with Gasteiger partial charge in [-0.25, -0.2) is 13.4 Å². The Morgan fingerprint density at radius 3 is 2.55 bits per heavy atom. The quantitative estimate of drug-likeness (QED) is 0.622. The van der Waals surface area contributed by atoms with Crippen LogP contribution in [-0.2, 0) is 10.0 Å². The highest BCUT2D eigenvalue weighted by Crippen LogP contribution is 2.40. The van der Waals surface area contributed by atoms with Gasteiger partial charge in [-0.3, -0.25) is 9.59 Å². The van der Waals surface area contributed by atoms with Crippen molar-refractivity contribution in [2.75, 3.05) is 26.2 Å². The maximum atomic E-state index is 13.4. The molecule has 164 valence electrons. The minimum Gasteiger partial charge on any atom is -0.336 e. The molecule has 1 amide bonds. The highest BCUT2D eigenvalue weighted by atomic mass is 32.2. The van der Waals surface area contributed by atoms with Gasteiger partial charge in [-0.1, -0.05) is 16.5 Å². The standard InChI is InChI=1S/C19H21N5O5S2/c1-10-15-13(9-14(12-3-4-12)21-16(15)29-22-10)17(25)23-5-7-24(8-6-23)31(27,28)18-11(2)20-19(26)30-18/h9,12H,3-8H2,1-2H3,(H,20,26). The number of thiazole rings is 1. The highest BCUT2D eigenvalue weighted by molar-refractivity contribution is 7.91. The minimum atomic E-state index is -3.78. The number of aromatic nitrogens is 3. The number of fused-ring (bicyclic) bond motifs is 1. The normalized spacial score (nSPS) is 18.1. The molecule has 4 heterocycles. The number of hydrogen-bond donors (Lipinski definition) is 1. The van der Waals surface area contributed by atoms with Crippen LogP contribution >= 0.6 is 11.3 Å². The maximum Gasteiger partial charge on any atom is 0.305 e. The Hall–Kier alpha value is -2.57. The largest absolute Gasteiger partial charge is 0.336 e. The summed E-state index contributed by atoms with van der Waals surface area (Å²) >= 11 is 0.687. The number of nitrogens with zero attached hydrogens (tertiary/aromatic N) is 4. The predicted octanol–water partition coefficient (Wildman–Crippen LogP) is 1.61. The Morgan fingerprint density at radius 2 is 1.94 bits per heavy atom. The molecule has 1 aliphatic heterocycles. The van der Waals surface area contributed by atoms with Crippen molar-refractivity contribution in [2.45, 2.75) is 36.8 Å². The van der Waals surface area contributed by atoms with Crippen LogP contribution in [0, 0.1) is 13.8 Å². The molecule has 1 saturated carbocycles. The number of sulfonamides is 1. The zero-order chi connectivity index (χ0) is 21.9. The SMILES string of the molecule is Cc1[nH]c(=O)sc1S(=O)(=O)N1CCN(C(=O)c2cc(C3CC3)nc3onc(C)c23)CC1. The van der Waals surface area contributed by atoms with E-state index in [1.165, 1.54) is 4.31 Å². The van der Waals surface area contributed by atoms with Crippen LogP contribution in [0.4, 0.5) is 0 Å². The Morgan fingerprint density at radius 1 is 1.23 bits per heavy atom. The fraction of sp³-hybridized carbons (Fsp3) is 0.474. The van der Waals surface area contributed by atoms with Crippen molar-refractivity contribution in [3.63, 3.8) is 0 Å². The van der Waals surface area contributed by atoms with Crippen LogP contribution in [0.1, 0.15) is 46.2 Å². The number of carbonyl (C=O) groups excluding carboxylic acids is 1. The zero-order valence-corrected chi connectivity index (χ0v) is 18.7. The van der Waals surface area contributed by atoms with E-state index in [1.54, 1.807) is 18.7 Å². The van der Waals surface area contributed by atoms with E-state index in [1.807, 2.05) is 6.07 Å². The number of aryl methyl sites for hydroxylation is 2. The van der Waals surface area contributed by atoms with Gasteiger partial charge in [-0.15, -0.1) is 0 Å². The average Bonchev–Trinajstić information content (AvgIpc) is 3.45. The summed E-state index contributed by atoms with van der Waals surface area (Å²) in [5.74, 6) is 0.167. The van der Waals surface area contributed by atoms with Crippen molar-refractivity contribution < 1.29 is 17.7 Å². The third-order valence-corrected chi connectivity index (χ3v) is 9.22. The van der Waals surface area contributed by atoms with Crippen LogP contribution in [0.5, 0.6) is 0 Å². The number of rotatable bonds is 4. The lowest BCUT2D eigenvalue weighted by Gasteiger charge is -2.34. The van der Waals surface area contributed by atoms with Crippen molar-refractivity contribution in [2.24, 2.45) is 0 Å².